The number of hydrogen-bond donors (Lipinski definition) is 2. The quantitative estimate of drug-likeness (QED) is 0.356. The number of carbonyl (C=O) groups excluding carboxylic acids is 2. The van der Waals surface area contributed by atoms with Crippen molar-refractivity contribution in [1.29, 1.82) is 5.41 Å². The predicted octanol–water partition coefficient (Wildman–Crippen LogP) is -1.50. The van der Waals surface area contributed by atoms with E-state index in [2.05, 4.69) is 0 Å². The van der Waals surface area contributed by atoms with E-state index in [9.17, 15) is 9.59 Å². The highest BCUT2D eigenvalue weighted by molar-refractivity contribution is 5.84. The molecule has 0 aromatic rings. The van der Waals surface area contributed by atoms with Gasteiger partial charge in [-0.05, 0) is 6.42 Å². The molecular weight excluding hydrogens is 222 g/mol. The largest absolute Gasteiger partial charge is 0.370 e. The lowest BCUT2D eigenvalue weighted by Crippen LogP contribution is -2.46. The van der Waals surface area contributed by atoms with Crippen LogP contribution in [0, 0.1) is 5.41 Å². The lowest BCUT2D eigenvalue weighted by Gasteiger charge is -2.26. The van der Waals surface area contributed by atoms with Crippen molar-refractivity contribution >= 4 is 18.3 Å². The summed E-state index contributed by atoms with van der Waals surface area (Å²) in [5.41, 5.74) is 5.27. The molecule has 1 aliphatic heterocycles. The van der Waals surface area contributed by atoms with Gasteiger partial charge in [-0.1, -0.05) is 0 Å². The van der Waals surface area contributed by atoms with E-state index in [1.54, 1.807) is 23.9 Å². The van der Waals surface area contributed by atoms with Crippen molar-refractivity contribution in [3.05, 3.63) is 0 Å². The molecule has 1 fully saturated rings. The first-order chi connectivity index (χ1) is 7.95. The Bertz CT molecular complexity index is 320. The Kier molecular flexibility index (Phi) is 4.30. The smallest absolute Gasteiger partial charge is 0.242 e. The Hall–Kier alpha value is -1.79. The summed E-state index contributed by atoms with van der Waals surface area (Å²) < 4.78 is 0. The third kappa shape index (κ3) is 3.33. The molecule has 7 nitrogen and oxygen atoms in total. The zero-order chi connectivity index (χ0) is 13.0. The number of nitrogens with zero attached hydrogens (tertiary/aromatic N) is 3. The van der Waals surface area contributed by atoms with Crippen LogP contribution in [0.1, 0.15) is 6.42 Å². The second kappa shape index (κ2) is 5.51. The molecule has 3 N–H and O–H groups in total. The maximum Gasteiger partial charge on any atom is 0.242 e. The highest BCUT2D eigenvalue weighted by atomic mass is 16.2. The molecule has 0 saturated carbocycles. The fourth-order valence-electron chi connectivity index (χ4n) is 1.78. The molecule has 0 radical (unpaired) electrons. The molecule has 1 aliphatic rings. The molecule has 17 heavy (non-hydrogen) atoms. The van der Waals surface area contributed by atoms with Crippen LogP contribution in [-0.2, 0) is 9.59 Å². The van der Waals surface area contributed by atoms with Crippen LogP contribution in [0.3, 0.4) is 0 Å². The fourth-order valence-corrected chi connectivity index (χ4v) is 1.78. The minimum Gasteiger partial charge on any atom is -0.370 e. The summed E-state index contributed by atoms with van der Waals surface area (Å²) in [5.74, 6) is -0.229. The standard InChI is InChI=1S/C10H19N5O2/c1-13(10(11)12)6-9(17)14(2)8-3-4-15(5-8)7-16/h7-8H,3-6H2,1-2H3,(H3,11,12). The Morgan fingerprint density at radius 2 is 2.24 bits per heavy atom. The highest BCUT2D eigenvalue weighted by Gasteiger charge is 2.27. The summed E-state index contributed by atoms with van der Waals surface area (Å²) in [4.78, 5) is 27.1. The molecule has 0 aromatic carbocycles. The second-order valence-electron chi connectivity index (χ2n) is 4.29. The van der Waals surface area contributed by atoms with Gasteiger partial charge in [0.1, 0.15) is 0 Å². The van der Waals surface area contributed by atoms with Gasteiger partial charge in [0, 0.05) is 27.2 Å². The van der Waals surface area contributed by atoms with E-state index in [1.807, 2.05) is 0 Å². The third-order valence-corrected chi connectivity index (χ3v) is 3.07. The number of hydrogen-bond acceptors (Lipinski definition) is 3. The zero-order valence-corrected chi connectivity index (χ0v) is 10.2. The molecule has 1 atom stereocenters. The van der Waals surface area contributed by atoms with E-state index in [1.165, 1.54) is 4.90 Å². The summed E-state index contributed by atoms with van der Waals surface area (Å²) >= 11 is 0. The van der Waals surface area contributed by atoms with Gasteiger partial charge in [-0.25, -0.2) is 0 Å². The maximum absolute atomic E-state index is 11.9. The van der Waals surface area contributed by atoms with Gasteiger partial charge in [-0.3, -0.25) is 15.0 Å². The Labute approximate surface area is 101 Å². The van der Waals surface area contributed by atoms with Gasteiger partial charge in [0.2, 0.25) is 12.3 Å². The van der Waals surface area contributed by atoms with Gasteiger partial charge in [0.05, 0.1) is 12.6 Å². The molecule has 0 aliphatic carbocycles. The van der Waals surface area contributed by atoms with Crippen LogP contribution >= 0.6 is 0 Å². The molecule has 1 unspecified atom stereocenters. The SMILES string of the molecule is CN(CC(=O)N(C)C1CCN(C=O)C1)C(=N)N. The molecule has 1 saturated heterocycles. The fraction of sp³-hybridized carbons (Fsp3) is 0.700. The number of amides is 2. The maximum atomic E-state index is 11.9. The van der Waals surface area contributed by atoms with Gasteiger partial charge in [0.25, 0.3) is 0 Å². The van der Waals surface area contributed by atoms with Crippen molar-refractivity contribution in [2.24, 2.45) is 5.73 Å². The van der Waals surface area contributed by atoms with Crippen molar-refractivity contribution in [2.75, 3.05) is 33.7 Å². The van der Waals surface area contributed by atoms with Crippen LogP contribution in [0.2, 0.25) is 0 Å². The lowest BCUT2D eigenvalue weighted by molar-refractivity contribution is -0.132. The summed E-state index contributed by atoms with van der Waals surface area (Å²) in [5, 5.41) is 7.18. The first kappa shape index (κ1) is 13.3. The molecular formula is C10H19N5O2. The summed E-state index contributed by atoms with van der Waals surface area (Å²) in [6, 6.07) is 0.0630. The molecule has 7 heteroatoms. The Morgan fingerprint density at radius 3 is 2.71 bits per heavy atom. The average molecular weight is 241 g/mol. The normalized spacial score (nSPS) is 18.9. The Balaban J connectivity index is 2.47. The van der Waals surface area contributed by atoms with Crippen LogP contribution < -0.4 is 5.73 Å². The van der Waals surface area contributed by atoms with E-state index < -0.39 is 0 Å². The molecule has 2 amide bonds. The van der Waals surface area contributed by atoms with Crippen LogP contribution in [0.4, 0.5) is 0 Å². The minimum absolute atomic E-state index is 0.0630. The average Bonchev–Trinajstić information content (AvgIpc) is 2.76. The number of likely N-dealkylation sites (N-methyl/N-ethyl adjacent to an activating group) is 2. The van der Waals surface area contributed by atoms with Crippen LogP contribution in [0.25, 0.3) is 0 Å². The first-order valence-electron chi connectivity index (χ1n) is 5.46. The lowest BCUT2D eigenvalue weighted by atomic mass is 10.2. The predicted molar refractivity (Wildman–Crippen MR) is 63.4 cm³/mol. The van der Waals surface area contributed by atoms with Gasteiger partial charge in [0.15, 0.2) is 5.96 Å². The van der Waals surface area contributed by atoms with Crippen molar-refractivity contribution < 1.29 is 9.59 Å². The Morgan fingerprint density at radius 1 is 1.59 bits per heavy atom. The number of carbonyl (C=O) groups is 2. The van der Waals surface area contributed by atoms with Crippen LogP contribution in [0.5, 0.6) is 0 Å². The molecule has 0 spiro atoms. The molecule has 0 aromatic heterocycles. The molecule has 0 bridgehead atoms. The monoisotopic (exact) mass is 241 g/mol. The van der Waals surface area contributed by atoms with E-state index in [0.29, 0.717) is 13.1 Å². The van der Waals surface area contributed by atoms with E-state index in [0.717, 1.165) is 12.8 Å². The highest BCUT2D eigenvalue weighted by Crippen LogP contribution is 2.12. The van der Waals surface area contributed by atoms with E-state index >= 15 is 0 Å². The van der Waals surface area contributed by atoms with Gasteiger partial charge in [-0.2, -0.15) is 0 Å². The summed E-state index contributed by atoms with van der Waals surface area (Å²) in [7, 11) is 3.32. The number of nitrogens with one attached hydrogen (secondary N) is 1. The third-order valence-electron chi connectivity index (χ3n) is 3.07. The first-order valence-corrected chi connectivity index (χ1v) is 5.46. The topological polar surface area (TPSA) is 93.7 Å². The molecule has 1 rings (SSSR count). The number of rotatable bonds is 4. The summed E-state index contributed by atoms with van der Waals surface area (Å²) in [6.07, 6.45) is 1.60. The number of likely N-dealkylation sites (tertiary alicyclic amines) is 1. The number of guanidine groups is 1. The molecule has 1 heterocycles. The number of nitrogens with two attached hydrogens (primary N) is 1. The second-order valence-corrected chi connectivity index (χ2v) is 4.29. The van der Waals surface area contributed by atoms with E-state index in [4.69, 9.17) is 11.1 Å². The van der Waals surface area contributed by atoms with Gasteiger partial charge >= 0.3 is 0 Å². The minimum atomic E-state index is -0.132. The molecule has 96 valence electrons. The summed E-state index contributed by atoms with van der Waals surface area (Å²) in [6.45, 7) is 1.35. The zero-order valence-electron chi connectivity index (χ0n) is 10.2. The van der Waals surface area contributed by atoms with E-state index in [-0.39, 0.29) is 24.5 Å². The van der Waals surface area contributed by atoms with Crippen molar-refractivity contribution in [3.8, 4) is 0 Å². The van der Waals surface area contributed by atoms with Crippen LogP contribution in [0.15, 0.2) is 0 Å². The van der Waals surface area contributed by atoms with Crippen molar-refractivity contribution in [3.63, 3.8) is 0 Å². The van der Waals surface area contributed by atoms with Crippen molar-refractivity contribution in [2.45, 2.75) is 12.5 Å². The van der Waals surface area contributed by atoms with Crippen molar-refractivity contribution in [1.82, 2.24) is 14.7 Å². The van der Waals surface area contributed by atoms with Gasteiger partial charge in [-0.15, -0.1) is 0 Å². The van der Waals surface area contributed by atoms with Crippen LogP contribution in [-0.4, -0.2) is 72.7 Å². The van der Waals surface area contributed by atoms with Gasteiger partial charge < -0.3 is 20.4 Å².